The van der Waals surface area contributed by atoms with Gasteiger partial charge in [0.1, 0.15) is 0 Å². The first-order chi connectivity index (χ1) is 10.7. The van der Waals surface area contributed by atoms with Crippen molar-refractivity contribution in [2.24, 2.45) is 12.1 Å². The lowest BCUT2D eigenvalue weighted by Crippen LogP contribution is -2.19. The van der Waals surface area contributed by atoms with Crippen molar-refractivity contribution in [1.29, 1.82) is 0 Å². The van der Waals surface area contributed by atoms with Crippen molar-refractivity contribution < 1.29 is 4.79 Å². The van der Waals surface area contributed by atoms with Gasteiger partial charge in [-0.05, 0) is 18.2 Å². The zero-order chi connectivity index (χ0) is 15.4. The molecule has 7 heteroatoms. The fraction of sp³-hybridized carbons (Fsp3) is 0.133. The molecule has 0 aliphatic carbocycles. The van der Waals surface area contributed by atoms with Gasteiger partial charge in [-0.15, -0.1) is 11.3 Å². The topological polar surface area (TPSA) is 59.3 Å². The van der Waals surface area contributed by atoms with Crippen molar-refractivity contribution in [2.45, 2.75) is 4.34 Å². The summed E-state index contributed by atoms with van der Waals surface area (Å²) in [6.45, 7) is 0. The zero-order valence-electron chi connectivity index (χ0n) is 11.9. The summed E-state index contributed by atoms with van der Waals surface area (Å²) in [5, 5.41) is 3.94. The number of thiazole rings is 1. The molecule has 0 fully saturated rings. The number of carbonyl (C=O) groups excluding carboxylic acids is 1. The summed E-state index contributed by atoms with van der Waals surface area (Å²) in [5.41, 5.74) is 4.44. The van der Waals surface area contributed by atoms with Gasteiger partial charge < -0.3 is 4.57 Å². The summed E-state index contributed by atoms with van der Waals surface area (Å²) in [7, 11) is 1.94. The highest BCUT2D eigenvalue weighted by atomic mass is 32.2. The Morgan fingerprint density at radius 3 is 3.09 bits per heavy atom. The van der Waals surface area contributed by atoms with Crippen LogP contribution in [0.1, 0.15) is 5.56 Å². The van der Waals surface area contributed by atoms with E-state index >= 15 is 0 Å². The third-order valence-corrected chi connectivity index (χ3v) is 5.04. The molecule has 5 nitrogen and oxygen atoms in total. The SMILES string of the molecule is Cn1ccc(/C=N/NC(=O)CSc2nc3ccccc3s2)c1. The highest BCUT2D eigenvalue weighted by Crippen LogP contribution is 2.28. The second kappa shape index (κ2) is 6.76. The maximum Gasteiger partial charge on any atom is 0.250 e. The predicted molar refractivity (Wildman–Crippen MR) is 91.5 cm³/mol. The minimum atomic E-state index is -0.142. The number of hydrazone groups is 1. The molecule has 0 spiro atoms. The van der Waals surface area contributed by atoms with Crippen molar-refractivity contribution in [1.82, 2.24) is 15.0 Å². The number of amides is 1. The number of carbonyl (C=O) groups is 1. The average molecular weight is 330 g/mol. The minimum absolute atomic E-state index is 0.142. The number of benzene rings is 1. The summed E-state index contributed by atoms with van der Waals surface area (Å²) < 4.78 is 3.95. The van der Waals surface area contributed by atoms with Gasteiger partial charge in [-0.2, -0.15) is 5.10 Å². The molecule has 0 unspecified atom stereocenters. The van der Waals surface area contributed by atoms with Gasteiger partial charge in [0.2, 0.25) is 0 Å². The number of nitrogens with one attached hydrogen (secondary N) is 1. The number of hydrogen-bond acceptors (Lipinski definition) is 5. The Morgan fingerprint density at radius 1 is 1.45 bits per heavy atom. The van der Waals surface area contributed by atoms with Crippen LogP contribution in [0.3, 0.4) is 0 Å². The molecular weight excluding hydrogens is 316 g/mol. The molecular formula is C15H14N4OS2. The van der Waals surface area contributed by atoms with Crippen LogP contribution in [0, 0.1) is 0 Å². The standard InChI is InChI=1S/C15H14N4OS2/c1-19-7-6-11(9-19)8-16-18-14(20)10-21-15-17-12-4-2-3-5-13(12)22-15/h2-9H,10H2,1H3,(H,18,20)/b16-8+. The molecule has 22 heavy (non-hydrogen) atoms. The lowest BCUT2D eigenvalue weighted by molar-refractivity contribution is -0.118. The maximum atomic E-state index is 11.8. The molecule has 3 rings (SSSR count). The normalized spacial score (nSPS) is 11.3. The number of aryl methyl sites for hydroxylation is 1. The molecule has 0 aliphatic rings. The summed E-state index contributed by atoms with van der Waals surface area (Å²) >= 11 is 3.02. The van der Waals surface area contributed by atoms with E-state index in [-0.39, 0.29) is 5.91 Å². The first-order valence-electron chi connectivity index (χ1n) is 6.63. The van der Waals surface area contributed by atoms with E-state index in [9.17, 15) is 4.79 Å². The Kier molecular flexibility index (Phi) is 4.55. The first kappa shape index (κ1) is 14.8. The van der Waals surface area contributed by atoms with Crippen LogP contribution in [0.2, 0.25) is 0 Å². The van der Waals surface area contributed by atoms with E-state index in [4.69, 9.17) is 0 Å². The van der Waals surface area contributed by atoms with Gasteiger partial charge in [0.15, 0.2) is 4.34 Å². The Labute approximate surface area is 136 Å². The van der Waals surface area contributed by atoms with Crippen molar-refractivity contribution in [3.8, 4) is 0 Å². The van der Waals surface area contributed by atoms with Gasteiger partial charge in [0, 0.05) is 25.0 Å². The van der Waals surface area contributed by atoms with Gasteiger partial charge in [-0.1, -0.05) is 23.9 Å². The van der Waals surface area contributed by atoms with E-state index in [0.29, 0.717) is 5.75 Å². The van der Waals surface area contributed by atoms with E-state index in [1.54, 1.807) is 17.6 Å². The third-order valence-electron chi connectivity index (χ3n) is 2.86. The molecule has 3 aromatic rings. The molecule has 2 aromatic heterocycles. The van der Waals surface area contributed by atoms with Crippen molar-refractivity contribution >= 4 is 45.4 Å². The molecule has 112 valence electrons. The van der Waals surface area contributed by atoms with Crippen molar-refractivity contribution in [2.75, 3.05) is 5.75 Å². The molecule has 0 aliphatic heterocycles. The molecule has 0 saturated carbocycles. The number of hydrogen-bond donors (Lipinski definition) is 1. The highest BCUT2D eigenvalue weighted by Gasteiger charge is 2.06. The van der Waals surface area contributed by atoms with E-state index in [1.807, 2.05) is 54.3 Å². The summed E-state index contributed by atoms with van der Waals surface area (Å²) in [6, 6.07) is 9.87. The lowest BCUT2D eigenvalue weighted by atomic mass is 10.3. The van der Waals surface area contributed by atoms with Crippen LogP contribution < -0.4 is 5.43 Å². The molecule has 0 saturated heterocycles. The monoisotopic (exact) mass is 330 g/mol. The number of rotatable bonds is 5. The van der Waals surface area contributed by atoms with Gasteiger partial charge in [0.25, 0.3) is 5.91 Å². The quantitative estimate of drug-likeness (QED) is 0.444. The van der Waals surface area contributed by atoms with Crippen LogP contribution in [0.4, 0.5) is 0 Å². The maximum absolute atomic E-state index is 11.8. The minimum Gasteiger partial charge on any atom is -0.357 e. The molecule has 1 amide bonds. The number of nitrogens with zero attached hydrogens (tertiary/aromatic N) is 3. The van der Waals surface area contributed by atoms with E-state index in [2.05, 4.69) is 15.5 Å². The number of fused-ring (bicyclic) bond motifs is 1. The third kappa shape index (κ3) is 3.75. The van der Waals surface area contributed by atoms with Crippen LogP contribution in [0.5, 0.6) is 0 Å². The zero-order valence-corrected chi connectivity index (χ0v) is 13.5. The van der Waals surface area contributed by atoms with E-state index in [0.717, 1.165) is 20.1 Å². The van der Waals surface area contributed by atoms with Gasteiger partial charge in [-0.25, -0.2) is 10.4 Å². The summed E-state index contributed by atoms with van der Waals surface area (Å²) in [5.74, 6) is 0.155. The number of para-hydroxylation sites is 1. The molecule has 0 radical (unpaired) electrons. The van der Waals surface area contributed by atoms with Gasteiger partial charge in [0.05, 0.1) is 22.2 Å². The largest absolute Gasteiger partial charge is 0.357 e. The summed E-state index contributed by atoms with van der Waals surface area (Å²) in [6.07, 6.45) is 5.47. The average Bonchev–Trinajstić information content (AvgIpc) is 3.11. The van der Waals surface area contributed by atoms with Crippen molar-refractivity contribution in [3.63, 3.8) is 0 Å². The van der Waals surface area contributed by atoms with Crippen LogP contribution in [0.25, 0.3) is 10.2 Å². The molecule has 1 aromatic carbocycles. The van der Waals surface area contributed by atoms with Crippen LogP contribution >= 0.6 is 23.1 Å². The lowest BCUT2D eigenvalue weighted by Gasteiger charge is -1.96. The smallest absolute Gasteiger partial charge is 0.250 e. The Hall–Kier alpha value is -2.12. The summed E-state index contributed by atoms with van der Waals surface area (Å²) in [4.78, 5) is 16.2. The Morgan fingerprint density at radius 2 is 2.32 bits per heavy atom. The van der Waals surface area contributed by atoms with Crippen LogP contribution in [-0.2, 0) is 11.8 Å². The second-order valence-corrected chi connectivity index (χ2v) is 6.89. The van der Waals surface area contributed by atoms with Gasteiger partial charge >= 0.3 is 0 Å². The van der Waals surface area contributed by atoms with E-state index in [1.165, 1.54) is 11.8 Å². The Bertz CT molecular complexity index is 789. The van der Waals surface area contributed by atoms with E-state index < -0.39 is 0 Å². The highest BCUT2D eigenvalue weighted by molar-refractivity contribution is 8.01. The molecule has 1 N–H and O–H groups in total. The van der Waals surface area contributed by atoms with Crippen molar-refractivity contribution in [3.05, 3.63) is 48.3 Å². The number of aromatic nitrogens is 2. The van der Waals surface area contributed by atoms with Crippen LogP contribution in [-0.4, -0.2) is 27.4 Å². The first-order valence-corrected chi connectivity index (χ1v) is 8.43. The fourth-order valence-corrected chi connectivity index (χ4v) is 3.71. The molecule has 0 bridgehead atoms. The molecule has 0 atom stereocenters. The Balaban J connectivity index is 1.50. The fourth-order valence-electron chi connectivity index (χ4n) is 1.85. The number of thioether (sulfide) groups is 1. The van der Waals surface area contributed by atoms with Crippen LogP contribution in [0.15, 0.2) is 52.2 Å². The second-order valence-electron chi connectivity index (χ2n) is 4.64. The van der Waals surface area contributed by atoms with Gasteiger partial charge in [-0.3, -0.25) is 4.79 Å². The molecule has 2 heterocycles. The predicted octanol–water partition coefficient (Wildman–Crippen LogP) is 2.88.